The summed E-state index contributed by atoms with van der Waals surface area (Å²) >= 11 is 0. The molecule has 0 saturated carbocycles. The molecule has 0 saturated heterocycles. The molecule has 0 bridgehead atoms. The largest absolute Gasteiger partial charge is 0.497 e. The number of carbonyl (C=O) groups excluding carboxylic acids is 1. The molecule has 1 aromatic heterocycles. The Bertz CT molecular complexity index is 982. The van der Waals surface area contributed by atoms with Gasteiger partial charge in [-0.15, -0.1) is 0 Å². The van der Waals surface area contributed by atoms with Crippen LogP contribution in [0.5, 0.6) is 5.75 Å². The van der Waals surface area contributed by atoms with E-state index < -0.39 is 23.6 Å². The minimum absolute atomic E-state index is 0.117. The summed E-state index contributed by atoms with van der Waals surface area (Å²) in [5.41, 5.74) is 0.0278. The molecule has 0 atom stereocenters. The Morgan fingerprint density at radius 2 is 1.86 bits per heavy atom. The van der Waals surface area contributed by atoms with Crippen molar-refractivity contribution in [2.45, 2.75) is 12.7 Å². The highest BCUT2D eigenvalue weighted by molar-refractivity contribution is 5.94. The van der Waals surface area contributed by atoms with Crippen molar-refractivity contribution in [2.24, 2.45) is 0 Å². The van der Waals surface area contributed by atoms with Gasteiger partial charge < -0.3 is 10.1 Å². The lowest BCUT2D eigenvalue weighted by Gasteiger charge is -2.08. The second-order valence-electron chi connectivity index (χ2n) is 5.84. The lowest BCUT2D eigenvalue weighted by molar-refractivity contribution is -0.141. The fourth-order valence-electron chi connectivity index (χ4n) is 2.47. The maximum Gasteiger partial charge on any atom is 0.435 e. The van der Waals surface area contributed by atoms with E-state index in [1.807, 2.05) is 0 Å². The molecule has 5 nitrogen and oxygen atoms in total. The summed E-state index contributed by atoms with van der Waals surface area (Å²) in [7, 11) is 1.39. The molecule has 0 aliphatic heterocycles. The van der Waals surface area contributed by atoms with E-state index in [4.69, 9.17) is 4.74 Å². The number of alkyl halides is 3. The van der Waals surface area contributed by atoms with Gasteiger partial charge in [-0.05, 0) is 35.9 Å². The van der Waals surface area contributed by atoms with Crippen LogP contribution in [-0.2, 0) is 12.7 Å². The molecule has 1 N–H and O–H groups in total. The van der Waals surface area contributed by atoms with Crippen LogP contribution in [0.1, 0.15) is 21.6 Å². The van der Waals surface area contributed by atoms with E-state index in [0.29, 0.717) is 17.0 Å². The Kier molecular flexibility index (Phi) is 5.34. The van der Waals surface area contributed by atoms with Crippen LogP contribution in [0, 0.1) is 5.82 Å². The van der Waals surface area contributed by atoms with E-state index in [2.05, 4.69) is 10.4 Å². The number of rotatable bonds is 5. The minimum atomic E-state index is -4.51. The summed E-state index contributed by atoms with van der Waals surface area (Å²) in [6.45, 7) is 0.123. The van der Waals surface area contributed by atoms with Crippen LogP contribution >= 0.6 is 0 Å². The van der Waals surface area contributed by atoms with Crippen LogP contribution < -0.4 is 10.1 Å². The van der Waals surface area contributed by atoms with Gasteiger partial charge in [0, 0.05) is 18.8 Å². The number of aromatic nitrogens is 2. The van der Waals surface area contributed by atoms with Gasteiger partial charge in [-0.3, -0.25) is 4.79 Å². The van der Waals surface area contributed by atoms with Crippen molar-refractivity contribution in [2.75, 3.05) is 7.11 Å². The van der Waals surface area contributed by atoms with Crippen LogP contribution in [0.2, 0.25) is 0 Å². The van der Waals surface area contributed by atoms with Crippen molar-refractivity contribution in [1.29, 1.82) is 0 Å². The molecule has 0 fully saturated rings. The summed E-state index contributed by atoms with van der Waals surface area (Å²) < 4.78 is 57.8. The number of methoxy groups -OCH3 is 1. The van der Waals surface area contributed by atoms with Gasteiger partial charge >= 0.3 is 6.18 Å². The topological polar surface area (TPSA) is 56.1 Å². The minimum Gasteiger partial charge on any atom is -0.497 e. The number of carbonyl (C=O) groups is 1. The lowest BCUT2D eigenvalue weighted by Crippen LogP contribution is -2.23. The summed E-state index contributed by atoms with van der Waals surface area (Å²) in [4.78, 5) is 12.1. The molecule has 1 heterocycles. The van der Waals surface area contributed by atoms with E-state index >= 15 is 0 Å². The number of halogens is 4. The average Bonchev–Trinajstić information content (AvgIpc) is 3.17. The van der Waals surface area contributed by atoms with Crippen LogP contribution in [0.3, 0.4) is 0 Å². The number of nitrogens with one attached hydrogen (secondary N) is 1. The smallest absolute Gasteiger partial charge is 0.435 e. The highest BCUT2D eigenvalue weighted by atomic mass is 19.4. The van der Waals surface area contributed by atoms with Crippen LogP contribution in [0.4, 0.5) is 17.6 Å². The predicted octanol–water partition coefficient (Wildman–Crippen LogP) is 3.97. The number of hydrogen-bond acceptors (Lipinski definition) is 3. The third kappa shape index (κ3) is 4.30. The third-order valence-electron chi connectivity index (χ3n) is 3.95. The molecule has 9 heteroatoms. The van der Waals surface area contributed by atoms with Crippen molar-refractivity contribution in [1.82, 2.24) is 15.1 Å². The maximum atomic E-state index is 13.9. The third-order valence-corrected chi connectivity index (χ3v) is 3.95. The molecule has 146 valence electrons. The summed E-state index contributed by atoms with van der Waals surface area (Å²) in [5.74, 6) is -0.991. The monoisotopic (exact) mass is 393 g/mol. The first-order valence-corrected chi connectivity index (χ1v) is 8.12. The fraction of sp³-hybridized carbons (Fsp3) is 0.158. The summed E-state index contributed by atoms with van der Waals surface area (Å²) in [6, 6.07) is 11.2. The molecule has 1 amide bonds. The SMILES string of the molecule is COc1ccc(C(=O)NCc2ccc(-n3ccc(C(F)(F)F)n3)cc2)c(F)c1. The first kappa shape index (κ1) is 19.4. The molecular weight excluding hydrogens is 378 g/mol. The van der Waals surface area contributed by atoms with Gasteiger partial charge in [0.2, 0.25) is 0 Å². The summed E-state index contributed by atoms with van der Waals surface area (Å²) in [5, 5.41) is 6.07. The van der Waals surface area contributed by atoms with E-state index in [1.54, 1.807) is 24.3 Å². The van der Waals surface area contributed by atoms with E-state index in [-0.39, 0.29) is 12.1 Å². The van der Waals surface area contributed by atoms with Gasteiger partial charge in [0.25, 0.3) is 5.91 Å². The molecule has 0 aliphatic carbocycles. The van der Waals surface area contributed by atoms with Gasteiger partial charge in [0.15, 0.2) is 5.69 Å². The lowest BCUT2D eigenvalue weighted by atomic mass is 10.1. The first-order valence-electron chi connectivity index (χ1n) is 8.12. The van der Waals surface area contributed by atoms with Crippen LogP contribution in [0.15, 0.2) is 54.7 Å². The Balaban J connectivity index is 1.64. The number of benzene rings is 2. The molecule has 2 aromatic carbocycles. The normalized spacial score (nSPS) is 11.3. The standard InChI is InChI=1S/C19H15F4N3O2/c1-28-14-6-7-15(16(20)10-14)18(27)24-11-12-2-4-13(5-3-12)26-9-8-17(25-26)19(21,22)23/h2-10H,11H2,1H3,(H,24,27). The second-order valence-corrected chi connectivity index (χ2v) is 5.84. The van der Waals surface area contributed by atoms with E-state index in [0.717, 1.165) is 16.8 Å². The van der Waals surface area contributed by atoms with E-state index in [9.17, 15) is 22.4 Å². The molecular formula is C19H15F4N3O2. The Hall–Kier alpha value is -3.36. The van der Waals surface area contributed by atoms with Crippen LogP contribution in [0.25, 0.3) is 5.69 Å². The number of amides is 1. The average molecular weight is 393 g/mol. The number of hydrogen-bond donors (Lipinski definition) is 1. The zero-order chi connectivity index (χ0) is 20.3. The van der Waals surface area contributed by atoms with Crippen molar-refractivity contribution < 1.29 is 27.1 Å². The maximum absolute atomic E-state index is 13.9. The zero-order valence-corrected chi connectivity index (χ0v) is 14.6. The highest BCUT2D eigenvalue weighted by Gasteiger charge is 2.33. The molecule has 0 spiro atoms. The molecule has 0 radical (unpaired) electrons. The van der Waals surface area contributed by atoms with Gasteiger partial charge in [-0.2, -0.15) is 18.3 Å². The van der Waals surface area contributed by atoms with Crippen molar-refractivity contribution in [3.05, 3.63) is 77.4 Å². The zero-order valence-electron chi connectivity index (χ0n) is 14.6. The highest BCUT2D eigenvalue weighted by Crippen LogP contribution is 2.27. The Morgan fingerprint density at radius 3 is 2.43 bits per heavy atom. The van der Waals surface area contributed by atoms with Gasteiger partial charge in [0.05, 0.1) is 18.4 Å². The summed E-state index contributed by atoms with van der Waals surface area (Å²) in [6.07, 6.45) is -3.29. The molecule has 0 unspecified atom stereocenters. The predicted molar refractivity (Wildman–Crippen MR) is 92.7 cm³/mol. The number of nitrogens with zero attached hydrogens (tertiary/aromatic N) is 2. The molecule has 0 aliphatic rings. The number of ether oxygens (including phenoxy) is 1. The van der Waals surface area contributed by atoms with Crippen LogP contribution in [-0.4, -0.2) is 22.8 Å². The fourth-order valence-corrected chi connectivity index (χ4v) is 2.47. The van der Waals surface area contributed by atoms with Gasteiger partial charge in [-0.1, -0.05) is 12.1 Å². The molecule has 3 rings (SSSR count). The Morgan fingerprint density at radius 1 is 1.14 bits per heavy atom. The molecule has 3 aromatic rings. The first-order chi connectivity index (χ1) is 13.3. The van der Waals surface area contributed by atoms with Gasteiger partial charge in [0.1, 0.15) is 11.6 Å². The molecule has 28 heavy (non-hydrogen) atoms. The van der Waals surface area contributed by atoms with Crippen molar-refractivity contribution in [3.63, 3.8) is 0 Å². The Labute approximate surface area is 157 Å². The quantitative estimate of drug-likeness (QED) is 0.668. The van der Waals surface area contributed by atoms with E-state index in [1.165, 1.54) is 25.4 Å². The van der Waals surface area contributed by atoms with Gasteiger partial charge in [-0.25, -0.2) is 9.07 Å². The van der Waals surface area contributed by atoms with Crippen molar-refractivity contribution in [3.8, 4) is 11.4 Å². The van der Waals surface area contributed by atoms with Crippen molar-refractivity contribution >= 4 is 5.91 Å². The second kappa shape index (κ2) is 7.71.